The highest BCUT2D eigenvalue weighted by Gasteiger charge is 2.10. The Morgan fingerprint density at radius 1 is 1.00 bits per heavy atom. The minimum Gasteiger partial charge on any atom is -0.397 e. The number of rotatable bonds is 2. The van der Waals surface area contributed by atoms with Gasteiger partial charge in [0, 0.05) is 11.3 Å². The Balaban J connectivity index is 2.41. The van der Waals surface area contributed by atoms with Gasteiger partial charge in [0.05, 0.1) is 17.1 Å². The van der Waals surface area contributed by atoms with Crippen LogP contribution in [0.5, 0.6) is 0 Å². The number of nitrogen functional groups attached to an aromatic ring is 2. The molecular formula is C13H16N4. The molecule has 0 aliphatic rings. The van der Waals surface area contributed by atoms with E-state index in [0.717, 1.165) is 16.9 Å². The molecule has 2 aromatic rings. The number of para-hydroxylation sites is 1. The van der Waals surface area contributed by atoms with Crippen LogP contribution in [0.1, 0.15) is 11.3 Å². The predicted molar refractivity (Wildman–Crippen MR) is 72.3 cm³/mol. The molecule has 0 spiro atoms. The summed E-state index contributed by atoms with van der Waals surface area (Å²) in [7, 11) is 0. The lowest BCUT2D eigenvalue weighted by molar-refractivity contribution is 1.19. The Labute approximate surface area is 101 Å². The molecule has 0 aliphatic carbocycles. The zero-order valence-corrected chi connectivity index (χ0v) is 9.99. The number of hydrogen-bond acceptors (Lipinski definition) is 4. The smallest absolute Gasteiger partial charge is 0.154 e. The van der Waals surface area contributed by atoms with Gasteiger partial charge in [0.2, 0.25) is 0 Å². The number of pyridine rings is 1. The number of nitrogens with two attached hydrogens (primary N) is 2. The van der Waals surface area contributed by atoms with Crippen LogP contribution in [-0.4, -0.2) is 4.98 Å². The van der Waals surface area contributed by atoms with E-state index in [0.29, 0.717) is 17.2 Å². The number of nitrogens with one attached hydrogen (secondary N) is 1. The first-order valence-electron chi connectivity index (χ1n) is 5.44. The fraction of sp³-hybridized carbons (Fsp3) is 0.154. The molecule has 0 aliphatic heterocycles. The Morgan fingerprint density at radius 2 is 1.65 bits per heavy atom. The van der Waals surface area contributed by atoms with Crippen LogP contribution < -0.4 is 16.8 Å². The maximum Gasteiger partial charge on any atom is 0.154 e. The van der Waals surface area contributed by atoms with E-state index in [-0.39, 0.29) is 0 Å². The number of benzene rings is 1. The third-order valence-corrected chi connectivity index (χ3v) is 2.77. The molecular weight excluding hydrogens is 212 g/mol. The highest BCUT2D eigenvalue weighted by Crippen LogP contribution is 2.29. The molecule has 0 saturated carbocycles. The maximum absolute atomic E-state index is 6.00. The van der Waals surface area contributed by atoms with E-state index in [9.17, 15) is 0 Å². The molecule has 0 radical (unpaired) electrons. The minimum atomic E-state index is 0.594. The van der Waals surface area contributed by atoms with Crippen molar-refractivity contribution >= 4 is 22.9 Å². The van der Waals surface area contributed by atoms with Gasteiger partial charge in [-0.3, -0.25) is 0 Å². The number of hydrogen-bond donors (Lipinski definition) is 3. The molecule has 0 unspecified atom stereocenters. The van der Waals surface area contributed by atoms with Crippen LogP contribution in [0, 0.1) is 13.8 Å². The average molecular weight is 228 g/mol. The molecule has 17 heavy (non-hydrogen) atoms. The van der Waals surface area contributed by atoms with Crippen molar-refractivity contribution < 1.29 is 0 Å². The first-order chi connectivity index (χ1) is 8.09. The summed E-state index contributed by atoms with van der Waals surface area (Å²) in [6.07, 6.45) is 0. The zero-order valence-electron chi connectivity index (χ0n) is 9.99. The molecule has 0 bridgehead atoms. The van der Waals surface area contributed by atoms with Gasteiger partial charge < -0.3 is 16.8 Å². The molecule has 5 N–H and O–H groups in total. The third kappa shape index (κ3) is 2.15. The molecule has 0 saturated heterocycles. The number of aromatic nitrogens is 1. The Bertz CT molecular complexity index is 535. The van der Waals surface area contributed by atoms with Crippen molar-refractivity contribution in [2.45, 2.75) is 13.8 Å². The van der Waals surface area contributed by atoms with Crippen LogP contribution in [0.4, 0.5) is 22.9 Å². The monoisotopic (exact) mass is 228 g/mol. The zero-order chi connectivity index (χ0) is 12.4. The predicted octanol–water partition coefficient (Wildman–Crippen LogP) is 2.61. The van der Waals surface area contributed by atoms with Crippen molar-refractivity contribution in [1.82, 2.24) is 4.98 Å². The van der Waals surface area contributed by atoms with Crippen molar-refractivity contribution in [3.63, 3.8) is 0 Å². The van der Waals surface area contributed by atoms with Crippen molar-refractivity contribution in [3.05, 3.63) is 41.6 Å². The van der Waals surface area contributed by atoms with Gasteiger partial charge in [0.15, 0.2) is 5.82 Å². The highest BCUT2D eigenvalue weighted by molar-refractivity contribution is 5.76. The summed E-state index contributed by atoms with van der Waals surface area (Å²) in [6.45, 7) is 3.77. The lowest BCUT2D eigenvalue weighted by atomic mass is 10.1. The van der Waals surface area contributed by atoms with Crippen LogP contribution in [0.15, 0.2) is 30.3 Å². The summed E-state index contributed by atoms with van der Waals surface area (Å²) < 4.78 is 0. The van der Waals surface area contributed by atoms with Crippen LogP contribution in [0.3, 0.4) is 0 Å². The van der Waals surface area contributed by atoms with Crippen LogP contribution in [-0.2, 0) is 0 Å². The van der Waals surface area contributed by atoms with Crippen molar-refractivity contribution in [3.8, 4) is 0 Å². The summed E-state index contributed by atoms with van der Waals surface area (Å²) in [5.74, 6) is 0.653. The normalized spacial score (nSPS) is 10.2. The second-order valence-corrected chi connectivity index (χ2v) is 3.99. The van der Waals surface area contributed by atoms with Gasteiger partial charge in [-0.2, -0.15) is 0 Å². The molecule has 0 atom stereocenters. The fourth-order valence-electron chi connectivity index (χ4n) is 1.64. The second kappa shape index (κ2) is 4.33. The van der Waals surface area contributed by atoms with E-state index in [2.05, 4.69) is 10.3 Å². The molecule has 1 aromatic carbocycles. The third-order valence-electron chi connectivity index (χ3n) is 2.77. The quantitative estimate of drug-likeness (QED) is 0.738. The summed E-state index contributed by atoms with van der Waals surface area (Å²) in [5, 5.41) is 3.19. The Morgan fingerprint density at radius 3 is 2.29 bits per heavy atom. The molecule has 2 rings (SSSR count). The van der Waals surface area contributed by atoms with E-state index in [1.165, 1.54) is 0 Å². The minimum absolute atomic E-state index is 0.594. The number of aryl methyl sites for hydroxylation is 1. The summed E-state index contributed by atoms with van der Waals surface area (Å²) in [6, 6.07) is 9.79. The first-order valence-corrected chi connectivity index (χ1v) is 5.44. The van der Waals surface area contributed by atoms with E-state index in [1.54, 1.807) is 0 Å². The molecule has 1 heterocycles. The summed E-state index contributed by atoms with van der Waals surface area (Å²) >= 11 is 0. The second-order valence-electron chi connectivity index (χ2n) is 3.99. The Kier molecular flexibility index (Phi) is 2.87. The van der Waals surface area contributed by atoms with E-state index in [4.69, 9.17) is 11.5 Å². The SMILES string of the molecule is Cc1nc(Nc2ccccc2)c(N)c(C)c1N. The fourth-order valence-corrected chi connectivity index (χ4v) is 1.64. The van der Waals surface area contributed by atoms with Gasteiger partial charge in [-0.25, -0.2) is 4.98 Å². The lowest BCUT2D eigenvalue weighted by Crippen LogP contribution is -2.06. The average Bonchev–Trinajstić information content (AvgIpc) is 2.35. The molecule has 0 fully saturated rings. The van der Waals surface area contributed by atoms with Crippen LogP contribution in [0.2, 0.25) is 0 Å². The van der Waals surface area contributed by atoms with Gasteiger partial charge in [-0.15, -0.1) is 0 Å². The number of nitrogens with zero attached hydrogens (tertiary/aromatic N) is 1. The largest absolute Gasteiger partial charge is 0.397 e. The van der Waals surface area contributed by atoms with E-state index in [1.807, 2.05) is 44.2 Å². The van der Waals surface area contributed by atoms with Crippen LogP contribution >= 0.6 is 0 Å². The lowest BCUT2D eigenvalue weighted by Gasteiger charge is -2.13. The summed E-state index contributed by atoms with van der Waals surface area (Å²) in [5.41, 5.74) is 15.7. The van der Waals surface area contributed by atoms with Gasteiger partial charge in [0.1, 0.15) is 0 Å². The van der Waals surface area contributed by atoms with Crippen molar-refractivity contribution in [1.29, 1.82) is 0 Å². The molecule has 88 valence electrons. The first kappa shape index (κ1) is 11.3. The van der Waals surface area contributed by atoms with Gasteiger partial charge >= 0.3 is 0 Å². The van der Waals surface area contributed by atoms with Gasteiger partial charge in [0.25, 0.3) is 0 Å². The van der Waals surface area contributed by atoms with Crippen molar-refractivity contribution in [2.24, 2.45) is 0 Å². The standard InChI is InChI=1S/C13H16N4/c1-8-11(14)9(2)16-13(12(8)15)17-10-6-4-3-5-7-10/h3-7H,14-15H2,1-2H3,(H,16,17). The molecule has 4 nitrogen and oxygen atoms in total. The number of anilines is 4. The molecule has 0 amide bonds. The maximum atomic E-state index is 6.00. The van der Waals surface area contributed by atoms with Gasteiger partial charge in [-0.05, 0) is 26.0 Å². The van der Waals surface area contributed by atoms with Gasteiger partial charge in [-0.1, -0.05) is 18.2 Å². The summed E-state index contributed by atoms with van der Waals surface area (Å²) in [4.78, 5) is 4.37. The topological polar surface area (TPSA) is 77.0 Å². The van der Waals surface area contributed by atoms with E-state index >= 15 is 0 Å². The van der Waals surface area contributed by atoms with Crippen LogP contribution in [0.25, 0.3) is 0 Å². The Hall–Kier alpha value is -2.23. The molecule has 1 aromatic heterocycles. The molecule has 4 heteroatoms. The van der Waals surface area contributed by atoms with E-state index < -0.39 is 0 Å². The highest BCUT2D eigenvalue weighted by atomic mass is 15.0. The van der Waals surface area contributed by atoms with Crippen molar-refractivity contribution in [2.75, 3.05) is 16.8 Å².